The van der Waals surface area contributed by atoms with Crippen molar-refractivity contribution in [1.29, 1.82) is 0 Å². The van der Waals surface area contributed by atoms with Crippen LogP contribution in [0.1, 0.15) is 55.0 Å². The second kappa shape index (κ2) is 6.23. The highest BCUT2D eigenvalue weighted by molar-refractivity contribution is 7.15. The number of thiazole rings is 1. The lowest BCUT2D eigenvalue weighted by molar-refractivity contribution is 0.522. The number of fused-ring (bicyclic) bond motifs is 1. The summed E-state index contributed by atoms with van der Waals surface area (Å²) in [7, 11) is 2.05. The van der Waals surface area contributed by atoms with Gasteiger partial charge in [-0.25, -0.2) is 4.98 Å². The number of hydrogen-bond acceptors (Lipinski definition) is 4. The van der Waals surface area contributed by atoms with E-state index < -0.39 is 0 Å². The first-order valence-electron chi connectivity index (χ1n) is 7.77. The highest BCUT2D eigenvalue weighted by atomic mass is 32.1. The van der Waals surface area contributed by atoms with Crippen molar-refractivity contribution < 1.29 is 0 Å². The molecule has 1 aliphatic heterocycles. The Morgan fingerprint density at radius 3 is 2.74 bits per heavy atom. The Morgan fingerprint density at radius 1 is 1.21 bits per heavy atom. The molecule has 2 heterocycles. The predicted molar refractivity (Wildman–Crippen MR) is 82.4 cm³/mol. The number of likely N-dealkylation sites (N-methyl/N-ethyl adjacent to an activating group) is 1. The maximum Gasteiger partial charge on any atom is 0.185 e. The Kier molecular flexibility index (Phi) is 4.38. The maximum absolute atomic E-state index is 5.02. The van der Waals surface area contributed by atoms with Gasteiger partial charge in [0, 0.05) is 30.4 Å². The molecule has 1 aromatic rings. The lowest BCUT2D eigenvalue weighted by Gasteiger charge is -2.20. The Hall–Kier alpha value is -0.610. The fourth-order valence-corrected chi connectivity index (χ4v) is 4.58. The number of hydrogen-bond donors (Lipinski definition) is 1. The van der Waals surface area contributed by atoms with Crippen molar-refractivity contribution >= 4 is 16.5 Å². The third-order valence-corrected chi connectivity index (χ3v) is 5.58. The molecule has 0 spiro atoms. The lowest BCUT2D eigenvalue weighted by atomic mass is 9.91. The molecule has 0 amide bonds. The Labute approximate surface area is 120 Å². The van der Waals surface area contributed by atoms with Gasteiger partial charge in [0.1, 0.15) is 0 Å². The van der Waals surface area contributed by atoms with E-state index >= 15 is 0 Å². The monoisotopic (exact) mass is 279 g/mol. The van der Waals surface area contributed by atoms with Crippen molar-refractivity contribution in [2.45, 2.75) is 50.9 Å². The molecule has 1 fully saturated rings. The fourth-order valence-electron chi connectivity index (χ4n) is 3.34. The lowest BCUT2D eigenvalue weighted by Crippen LogP contribution is -2.24. The molecule has 106 valence electrons. The van der Waals surface area contributed by atoms with E-state index in [4.69, 9.17) is 4.98 Å². The molecular weight excluding hydrogens is 254 g/mol. The molecule has 1 unspecified atom stereocenters. The van der Waals surface area contributed by atoms with Crippen molar-refractivity contribution in [2.24, 2.45) is 0 Å². The Bertz CT molecular complexity index is 408. The van der Waals surface area contributed by atoms with Crippen molar-refractivity contribution in [3.63, 3.8) is 0 Å². The summed E-state index contributed by atoms with van der Waals surface area (Å²) < 4.78 is 0. The van der Waals surface area contributed by atoms with Gasteiger partial charge < -0.3 is 10.2 Å². The van der Waals surface area contributed by atoms with Gasteiger partial charge in [0.05, 0.1) is 5.69 Å². The van der Waals surface area contributed by atoms with E-state index in [1.54, 1.807) is 4.88 Å². The van der Waals surface area contributed by atoms with Crippen LogP contribution in [0.25, 0.3) is 0 Å². The summed E-state index contributed by atoms with van der Waals surface area (Å²) in [5, 5.41) is 4.63. The Balaban J connectivity index is 1.80. The predicted octanol–water partition coefficient (Wildman–Crippen LogP) is 3.16. The van der Waals surface area contributed by atoms with Gasteiger partial charge in [-0.3, -0.25) is 0 Å². The first-order chi connectivity index (χ1) is 9.38. The molecule has 2 aliphatic rings. The molecule has 0 saturated carbocycles. The molecule has 4 heteroatoms. The quantitative estimate of drug-likeness (QED) is 0.921. The van der Waals surface area contributed by atoms with E-state index in [-0.39, 0.29) is 0 Å². The first kappa shape index (κ1) is 13.4. The molecule has 0 bridgehead atoms. The zero-order chi connectivity index (χ0) is 13.1. The summed E-state index contributed by atoms with van der Waals surface area (Å²) in [5.41, 5.74) is 1.41. The minimum Gasteiger partial charge on any atom is -0.348 e. The number of nitrogens with one attached hydrogen (secondary N) is 1. The largest absolute Gasteiger partial charge is 0.348 e. The van der Waals surface area contributed by atoms with E-state index in [2.05, 4.69) is 17.3 Å². The third kappa shape index (κ3) is 2.95. The second-order valence-corrected chi connectivity index (χ2v) is 6.92. The van der Waals surface area contributed by atoms with Gasteiger partial charge in [-0.1, -0.05) is 12.8 Å². The Morgan fingerprint density at radius 2 is 2.00 bits per heavy atom. The molecule has 0 aromatic carbocycles. The van der Waals surface area contributed by atoms with E-state index in [1.807, 2.05) is 11.3 Å². The first-order valence-corrected chi connectivity index (χ1v) is 8.59. The van der Waals surface area contributed by atoms with Crippen LogP contribution in [-0.2, 0) is 6.42 Å². The SMILES string of the molecule is CNCC1CCCc2sc(N3CCCCCC3)nc21. The second-order valence-electron chi connectivity index (χ2n) is 5.85. The average molecular weight is 279 g/mol. The fraction of sp³-hybridized carbons (Fsp3) is 0.800. The van der Waals surface area contributed by atoms with Crippen molar-refractivity contribution in [1.82, 2.24) is 10.3 Å². The molecule has 0 radical (unpaired) electrons. The minimum atomic E-state index is 0.644. The van der Waals surface area contributed by atoms with E-state index in [0.717, 1.165) is 6.54 Å². The molecule has 1 atom stereocenters. The number of aromatic nitrogens is 1. The zero-order valence-corrected chi connectivity index (χ0v) is 12.8. The topological polar surface area (TPSA) is 28.2 Å². The van der Waals surface area contributed by atoms with E-state index in [1.165, 1.54) is 68.9 Å². The van der Waals surface area contributed by atoms with Gasteiger partial charge in [-0.2, -0.15) is 0 Å². The smallest absolute Gasteiger partial charge is 0.185 e. The summed E-state index contributed by atoms with van der Waals surface area (Å²) in [6.45, 7) is 3.50. The molecule has 1 saturated heterocycles. The zero-order valence-electron chi connectivity index (χ0n) is 12.0. The average Bonchev–Trinajstić information content (AvgIpc) is 2.68. The molecule has 1 aliphatic carbocycles. The molecule has 3 nitrogen and oxygen atoms in total. The normalized spacial score (nSPS) is 24.1. The third-order valence-electron chi connectivity index (χ3n) is 4.39. The van der Waals surface area contributed by atoms with Gasteiger partial charge >= 0.3 is 0 Å². The van der Waals surface area contributed by atoms with Gasteiger partial charge in [-0.05, 0) is 39.2 Å². The molecule has 3 rings (SSSR count). The van der Waals surface area contributed by atoms with Gasteiger partial charge in [0.25, 0.3) is 0 Å². The van der Waals surface area contributed by atoms with Crippen LogP contribution >= 0.6 is 11.3 Å². The maximum atomic E-state index is 5.02. The molecule has 1 N–H and O–H groups in total. The van der Waals surface area contributed by atoms with Crippen LogP contribution in [0, 0.1) is 0 Å². The van der Waals surface area contributed by atoms with E-state index in [9.17, 15) is 0 Å². The van der Waals surface area contributed by atoms with Crippen LogP contribution in [-0.4, -0.2) is 31.7 Å². The van der Waals surface area contributed by atoms with E-state index in [0.29, 0.717) is 5.92 Å². The van der Waals surface area contributed by atoms with Crippen molar-refractivity contribution in [2.75, 3.05) is 31.6 Å². The van der Waals surface area contributed by atoms with Crippen LogP contribution < -0.4 is 10.2 Å². The van der Waals surface area contributed by atoms with Crippen LogP contribution in [0.5, 0.6) is 0 Å². The summed E-state index contributed by atoms with van der Waals surface area (Å²) in [6, 6.07) is 0. The number of rotatable bonds is 3. The minimum absolute atomic E-state index is 0.644. The van der Waals surface area contributed by atoms with Crippen LogP contribution in [0.2, 0.25) is 0 Å². The van der Waals surface area contributed by atoms with Gasteiger partial charge in [0.2, 0.25) is 0 Å². The molecule has 19 heavy (non-hydrogen) atoms. The highest BCUT2D eigenvalue weighted by Gasteiger charge is 2.25. The van der Waals surface area contributed by atoms with Gasteiger partial charge in [-0.15, -0.1) is 11.3 Å². The summed E-state index contributed by atoms with van der Waals surface area (Å²) in [6.07, 6.45) is 9.35. The van der Waals surface area contributed by atoms with Crippen LogP contribution in [0.4, 0.5) is 5.13 Å². The van der Waals surface area contributed by atoms with Crippen molar-refractivity contribution in [3.8, 4) is 0 Å². The van der Waals surface area contributed by atoms with Gasteiger partial charge in [0.15, 0.2) is 5.13 Å². The standard InChI is InChI=1S/C15H25N3S/c1-16-11-12-7-6-8-13-14(12)17-15(19-13)18-9-4-2-3-5-10-18/h12,16H,2-11H2,1H3. The number of anilines is 1. The van der Waals surface area contributed by atoms with Crippen molar-refractivity contribution in [3.05, 3.63) is 10.6 Å². The number of nitrogens with zero attached hydrogens (tertiary/aromatic N) is 2. The highest BCUT2D eigenvalue weighted by Crippen LogP contribution is 2.38. The number of aryl methyl sites for hydroxylation is 1. The summed E-state index contributed by atoms with van der Waals surface area (Å²) in [4.78, 5) is 9.12. The van der Waals surface area contributed by atoms with Crippen LogP contribution in [0.3, 0.4) is 0 Å². The summed E-state index contributed by atoms with van der Waals surface area (Å²) in [5.74, 6) is 0.644. The molecule has 1 aromatic heterocycles. The molecular formula is C15H25N3S. The summed E-state index contributed by atoms with van der Waals surface area (Å²) >= 11 is 1.97. The van der Waals surface area contributed by atoms with Crippen LogP contribution in [0.15, 0.2) is 0 Å².